The normalized spacial score (nSPS) is 39.3. The third-order valence-corrected chi connectivity index (χ3v) is 6.82. The quantitative estimate of drug-likeness (QED) is 0.366. The van der Waals surface area contributed by atoms with Crippen LogP contribution in [0.1, 0.15) is 57.8 Å². The Hall–Kier alpha value is -1.17. The van der Waals surface area contributed by atoms with Crippen LogP contribution in [-0.2, 0) is 14.3 Å². The number of rotatable bonds is 9. The molecular weight excluding hydrogens is 344 g/mol. The minimum absolute atomic E-state index is 0.139. The molecule has 0 amide bonds. The van der Waals surface area contributed by atoms with Crippen LogP contribution in [0.15, 0.2) is 24.3 Å². The van der Waals surface area contributed by atoms with Crippen LogP contribution < -0.4 is 0 Å². The summed E-state index contributed by atoms with van der Waals surface area (Å²) in [4.78, 5) is 10.6. The highest BCUT2D eigenvalue weighted by molar-refractivity contribution is 5.66. The number of fused-ring (bicyclic) bond motifs is 5. The topological polar surface area (TPSA) is 79.3 Å². The standard InChI is InChI=1S/C22H32O5/c23-17(14-8-4-3-5-9-14)13-12-16-15(10-6-1-2-7-11-18(24)25)19-21-22(27-21)20(16)26-19/h1,6,12-17,19-23H,2-5,7-11H2,(H,24,25)/b6-1-,13-12+/t15?,16?,17-,19?,20?,21?,22?/m0/s1. The second kappa shape index (κ2) is 8.46. The number of aliphatic hydroxyl groups excluding tert-OH is 1. The van der Waals surface area contributed by atoms with Crippen molar-refractivity contribution in [3.8, 4) is 0 Å². The van der Waals surface area contributed by atoms with E-state index in [1.807, 2.05) is 6.08 Å². The van der Waals surface area contributed by atoms with Crippen molar-refractivity contribution in [2.24, 2.45) is 17.8 Å². The Morgan fingerprint density at radius 2 is 1.78 bits per heavy atom. The van der Waals surface area contributed by atoms with Crippen molar-refractivity contribution in [3.05, 3.63) is 24.3 Å². The number of carbonyl (C=O) groups is 1. The van der Waals surface area contributed by atoms with Gasteiger partial charge in [0, 0.05) is 18.3 Å². The molecule has 5 heteroatoms. The van der Waals surface area contributed by atoms with Crippen LogP contribution in [0, 0.1) is 17.8 Å². The van der Waals surface area contributed by atoms with Gasteiger partial charge < -0.3 is 19.7 Å². The van der Waals surface area contributed by atoms with E-state index in [-0.39, 0.29) is 36.9 Å². The molecule has 3 aliphatic heterocycles. The monoisotopic (exact) mass is 376 g/mol. The summed E-state index contributed by atoms with van der Waals surface area (Å²) in [7, 11) is 0. The molecule has 4 rings (SSSR count). The number of unbranched alkanes of at least 4 members (excludes halogenated alkanes) is 1. The summed E-state index contributed by atoms with van der Waals surface area (Å²) in [5, 5.41) is 19.3. The zero-order valence-electron chi connectivity index (χ0n) is 15.9. The summed E-state index contributed by atoms with van der Waals surface area (Å²) in [5.41, 5.74) is 0. The molecule has 1 saturated carbocycles. The van der Waals surface area contributed by atoms with Crippen molar-refractivity contribution in [3.63, 3.8) is 0 Å². The number of aliphatic carboxylic acids is 1. The molecule has 4 aliphatic rings. The second-order valence-corrected chi connectivity index (χ2v) is 8.64. The Balaban J connectivity index is 1.31. The Morgan fingerprint density at radius 1 is 1.04 bits per heavy atom. The zero-order chi connectivity index (χ0) is 18.8. The van der Waals surface area contributed by atoms with E-state index < -0.39 is 5.97 Å². The molecule has 0 aromatic heterocycles. The van der Waals surface area contributed by atoms with Gasteiger partial charge in [-0.05, 0) is 38.0 Å². The third-order valence-electron chi connectivity index (χ3n) is 6.82. The van der Waals surface area contributed by atoms with Crippen LogP contribution in [0.4, 0.5) is 0 Å². The van der Waals surface area contributed by atoms with E-state index >= 15 is 0 Å². The van der Waals surface area contributed by atoms with E-state index in [1.165, 1.54) is 19.3 Å². The van der Waals surface area contributed by atoms with Gasteiger partial charge in [0.05, 0.1) is 18.3 Å². The molecule has 0 radical (unpaired) electrons. The van der Waals surface area contributed by atoms with Gasteiger partial charge in [-0.2, -0.15) is 0 Å². The molecular formula is C22H32O5. The van der Waals surface area contributed by atoms with Gasteiger partial charge in [0.1, 0.15) is 12.2 Å². The average molecular weight is 376 g/mol. The first-order chi connectivity index (χ1) is 13.1. The van der Waals surface area contributed by atoms with Crippen molar-refractivity contribution in [1.29, 1.82) is 0 Å². The molecule has 2 bridgehead atoms. The summed E-state index contributed by atoms with van der Waals surface area (Å²) >= 11 is 0. The second-order valence-electron chi connectivity index (χ2n) is 8.64. The molecule has 1 aliphatic carbocycles. The van der Waals surface area contributed by atoms with E-state index in [0.29, 0.717) is 24.2 Å². The number of carboxylic acids is 1. The van der Waals surface area contributed by atoms with E-state index in [1.54, 1.807) is 0 Å². The van der Waals surface area contributed by atoms with Gasteiger partial charge in [-0.25, -0.2) is 0 Å². The Labute approximate surface area is 161 Å². The molecule has 0 aromatic rings. The molecule has 5 nitrogen and oxygen atoms in total. The molecule has 150 valence electrons. The van der Waals surface area contributed by atoms with Crippen LogP contribution in [-0.4, -0.2) is 46.7 Å². The van der Waals surface area contributed by atoms with Gasteiger partial charge in [-0.15, -0.1) is 0 Å². The van der Waals surface area contributed by atoms with Gasteiger partial charge in [0.15, 0.2) is 0 Å². The minimum atomic E-state index is -0.733. The summed E-state index contributed by atoms with van der Waals surface area (Å²) in [5.74, 6) is 0.375. The lowest BCUT2D eigenvalue weighted by atomic mass is 9.76. The summed E-state index contributed by atoms with van der Waals surface area (Å²) in [6.45, 7) is 0. The maximum Gasteiger partial charge on any atom is 0.303 e. The number of carboxylic acid groups (broad SMARTS) is 1. The average Bonchev–Trinajstić information content (AvgIpc) is 3.30. The number of allylic oxidation sites excluding steroid dienone is 2. The number of ether oxygens (including phenoxy) is 2. The first-order valence-corrected chi connectivity index (χ1v) is 10.7. The predicted molar refractivity (Wildman–Crippen MR) is 101 cm³/mol. The van der Waals surface area contributed by atoms with E-state index in [9.17, 15) is 9.90 Å². The maximum absolute atomic E-state index is 10.6. The molecule has 7 atom stereocenters. The van der Waals surface area contributed by atoms with Gasteiger partial charge in [-0.1, -0.05) is 43.6 Å². The fourth-order valence-electron chi connectivity index (χ4n) is 5.28. The van der Waals surface area contributed by atoms with E-state index in [2.05, 4.69) is 18.2 Å². The Morgan fingerprint density at radius 3 is 2.56 bits per heavy atom. The summed E-state index contributed by atoms with van der Waals surface area (Å²) in [6.07, 6.45) is 17.7. The van der Waals surface area contributed by atoms with Crippen molar-refractivity contribution in [1.82, 2.24) is 0 Å². The highest BCUT2D eigenvalue weighted by Gasteiger charge is 2.68. The summed E-state index contributed by atoms with van der Waals surface area (Å²) in [6, 6.07) is 0. The fourth-order valence-corrected chi connectivity index (χ4v) is 5.28. The fraction of sp³-hybridized carbons (Fsp3) is 0.773. The Kier molecular flexibility index (Phi) is 6.00. The molecule has 0 spiro atoms. The van der Waals surface area contributed by atoms with Crippen LogP contribution in [0.2, 0.25) is 0 Å². The lowest BCUT2D eigenvalue weighted by Crippen LogP contribution is -2.32. The smallest absolute Gasteiger partial charge is 0.303 e. The van der Waals surface area contributed by atoms with Gasteiger partial charge in [0.25, 0.3) is 0 Å². The Bertz CT molecular complexity index is 579. The molecule has 6 unspecified atom stereocenters. The third kappa shape index (κ3) is 4.30. The highest BCUT2D eigenvalue weighted by Crippen LogP contribution is 2.55. The molecule has 3 heterocycles. The lowest BCUT2D eigenvalue weighted by molar-refractivity contribution is -0.137. The molecule has 4 fully saturated rings. The minimum Gasteiger partial charge on any atom is -0.481 e. The van der Waals surface area contributed by atoms with Gasteiger partial charge >= 0.3 is 5.97 Å². The highest BCUT2D eigenvalue weighted by atomic mass is 16.7. The van der Waals surface area contributed by atoms with Crippen LogP contribution in [0.5, 0.6) is 0 Å². The number of hydrogen-bond donors (Lipinski definition) is 2. The molecule has 2 N–H and O–H groups in total. The largest absolute Gasteiger partial charge is 0.481 e. The van der Waals surface area contributed by atoms with Crippen LogP contribution in [0.3, 0.4) is 0 Å². The van der Waals surface area contributed by atoms with E-state index in [0.717, 1.165) is 25.7 Å². The van der Waals surface area contributed by atoms with Gasteiger partial charge in [-0.3, -0.25) is 4.79 Å². The van der Waals surface area contributed by atoms with Crippen molar-refractivity contribution in [2.45, 2.75) is 88.3 Å². The number of aliphatic hydroxyl groups is 1. The summed E-state index contributed by atoms with van der Waals surface area (Å²) < 4.78 is 12.0. The maximum atomic E-state index is 10.6. The predicted octanol–water partition coefficient (Wildman–Crippen LogP) is 3.47. The van der Waals surface area contributed by atoms with Crippen LogP contribution in [0.25, 0.3) is 0 Å². The van der Waals surface area contributed by atoms with Crippen molar-refractivity contribution < 1.29 is 24.5 Å². The zero-order valence-corrected chi connectivity index (χ0v) is 15.9. The van der Waals surface area contributed by atoms with Crippen LogP contribution >= 0.6 is 0 Å². The first kappa shape index (κ1) is 19.2. The van der Waals surface area contributed by atoms with Crippen molar-refractivity contribution in [2.75, 3.05) is 0 Å². The number of hydrogen-bond acceptors (Lipinski definition) is 4. The molecule has 3 saturated heterocycles. The SMILES string of the molecule is O=C(O)CCC/C=C\CC1C(/C=C/[C@H](O)C2CCCCC2)C2OC1C1OC21. The number of epoxide rings is 1. The molecule has 27 heavy (non-hydrogen) atoms. The first-order valence-electron chi connectivity index (χ1n) is 10.7. The molecule has 0 aromatic carbocycles. The lowest BCUT2D eigenvalue weighted by Gasteiger charge is -2.26. The van der Waals surface area contributed by atoms with Crippen molar-refractivity contribution >= 4 is 5.97 Å². The van der Waals surface area contributed by atoms with Gasteiger partial charge in [0.2, 0.25) is 0 Å². The van der Waals surface area contributed by atoms with E-state index in [4.69, 9.17) is 14.6 Å².